The van der Waals surface area contributed by atoms with Gasteiger partial charge in [0.25, 0.3) is 0 Å². The Kier molecular flexibility index (Phi) is 2.99. The van der Waals surface area contributed by atoms with E-state index in [9.17, 15) is 0 Å². The van der Waals surface area contributed by atoms with E-state index in [1.165, 1.54) is 0 Å². The molecule has 1 aromatic heterocycles. The third-order valence-electron chi connectivity index (χ3n) is 2.84. The van der Waals surface area contributed by atoms with Crippen LogP contribution in [0.25, 0.3) is 0 Å². The molecule has 5 nitrogen and oxygen atoms in total. The fraction of sp³-hybridized carbons (Fsp3) is 0.818. The van der Waals surface area contributed by atoms with Crippen molar-refractivity contribution in [3.8, 4) is 0 Å². The lowest BCUT2D eigenvalue weighted by Crippen LogP contribution is -2.40. The molecule has 1 saturated heterocycles. The zero-order valence-corrected chi connectivity index (χ0v) is 10.3. The van der Waals surface area contributed by atoms with Gasteiger partial charge in [0.1, 0.15) is 6.10 Å². The molecule has 90 valence electrons. The lowest BCUT2D eigenvalue weighted by atomic mass is 9.88. The third kappa shape index (κ3) is 2.10. The Labute approximate surface area is 95.6 Å². The van der Waals surface area contributed by atoms with E-state index in [1.54, 1.807) is 7.11 Å². The van der Waals surface area contributed by atoms with Crippen LogP contribution in [-0.4, -0.2) is 30.3 Å². The maximum atomic E-state index is 5.44. The summed E-state index contributed by atoms with van der Waals surface area (Å²) in [7, 11) is 1.68. The largest absolute Gasteiger partial charge is 0.373 e. The Morgan fingerprint density at radius 1 is 1.44 bits per heavy atom. The van der Waals surface area contributed by atoms with Gasteiger partial charge in [-0.3, -0.25) is 0 Å². The van der Waals surface area contributed by atoms with Gasteiger partial charge in [0.15, 0.2) is 0 Å². The summed E-state index contributed by atoms with van der Waals surface area (Å²) in [6.07, 6.45) is -0.127. The number of methoxy groups -OCH3 is 1. The Hall–Kier alpha value is -0.940. The van der Waals surface area contributed by atoms with Crippen molar-refractivity contribution in [2.45, 2.75) is 32.8 Å². The van der Waals surface area contributed by atoms with E-state index in [0.29, 0.717) is 11.7 Å². The molecule has 2 rings (SSSR count). The Bertz CT molecular complexity index is 352. The van der Waals surface area contributed by atoms with Gasteiger partial charge < -0.3 is 14.6 Å². The first-order valence-corrected chi connectivity index (χ1v) is 5.59. The number of nitrogens with one attached hydrogen (secondary N) is 1. The van der Waals surface area contributed by atoms with Crippen LogP contribution in [0.1, 0.15) is 44.5 Å². The lowest BCUT2D eigenvalue weighted by Gasteiger charge is -2.26. The molecule has 0 spiro atoms. The van der Waals surface area contributed by atoms with Gasteiger partial charge in [0, 0.05) is 20.2 Å². The van der Waals surface area contributed by atoms with Crippen molar-refractivity contribution in [2.24, 2.45) is 5.41 Å². The van der Waals surface area contributed by atoms with Gasteiger partial charge in [-0.2, -0.15) is 4.98 Å². The third-order valence-corrected chi connectivity index (χ3v) is 2.84. The second-order valence-corrected chi connectivity index (χ2v) is 5.33. The van der Waals surface area contributed by atoms with E-state index in [1.807, 2.05) is 0 Å². The van der Waals surface area contributed by atoms with Crippen molar-refractivity contribution in [3.63, 3.8) is 0 Å². The predicted octanol–water partition coefficient (Wildman–Crippen LogP) is 1.49. The zero-order valence-electron chi connectivity index (χ0n) is 10.3. The van der Waals surface area contributed by atoms with E-state index in [0.717, 1.165) is 19.0 Å². The molecular weight excluding hydrogens is 206 g/mol. The SMILES string of the molecule is COC(c1noc(C2CNC2)n1)C(C)(C)C. The first-order valence-electron chi connectivity index (χ1n) is 5.59. The highest BCUT2D eigenvalue weighted by Gasteiger charge is 2.32. The Morgan fingerprint density at radius 2 is 2.12 bits per heavy atom. The van der Waals surface area contributed by atoms with Gasteiger partial charge in [0.05, 0.1) is 5.92 Å². The van der Waals surface area contributed by atoms with Gasteiger partial charge in [-0.25, -0.2) is 0 Å². The standard InChI is InChI=1S/C11H19N3O2/c1-11(2,3)8(15-4)9-13-10(16-14-9)7-5-12-6-7/h7-8,12H,5-6H2,1-4H3. The van der Waals surface area contributed by atoms with Crippen LogP contribution in [0.5, 0.6) is 0 Å². The molecule has 1 aliphatic rings. The molecule has 1 aromatic rings. The van der Waals surface area contributed by atoms with Crippen LogP contribution in [0.2, 0.25) is 0 Å². The van der Waals surface area contributed by atoms with Crippen LogP contribution in [0.4, 0.5) is 0 Å². The summed E-state index contributed by atoms with van der Waals surface area (Å²) < 4.78 is 10.7. The van der Waals surface area contributed by atoms with Crippen molar-refractivity contribution < 1.29 is 9.26 Å². The van der Waals surface area contributed by atoms with Crippen molar-refractivity contribution in [1.29, 1.82) is 0 Å². The van der Waals surface area contributed by atoms with Gasteiger partial charge in [-0.15, -0.1) is 0 Å². The molecule has 1 aliphatic heterocycles. The maximum Gasteiger partial charge on any atom is 0.232 e. The minimum atomic E-state index is -0.127. The molecule has 0 bridgehead atoms. The molecule has 0 aromatic carbocycles. The van der Waals surface area contributed by atoms with E-state index >= 15 is 0 Å². The van der Waals surface area contributed by atoms with Crippen LogP contribution in [-0.2, 0) is 4.74 Å². The normalized spacial score (nSPS) is 19.5. The molecule has 1 atom stereocenters. The second-order valence-electron chi connectivity index (χ2n) is 5.33. The van der Waals surface area contributed by atoms with Crippen LogP contribution < -0.4 is 5.32 Å². The molecule has 2 heterocycles. The lowest BCUT2D eigenvalue weighted by molar-refractivity contribution is 0.00718. The molecule has 0 radical (unpaired) electrons. The topological polar surface area (TPSA) is 60.2 Å². The van der Waals surface area contributed by atoms with Crippen LogP contribution >= 0.6 is 0 Å². The average Bonchev–Trinajstić information content (AvgIpc) is 2.49. The number of ether oxygens (including phenoxy) is 1. The van der Waals surface area contributed by atoms with Gasteiger partial charge in [-0.1, -0.05) is 25.9 Å². The van der Waals surface area contributed by atoms with Crippen molar-refractivity contribution in [1.82, 2.24) is 15.5 Å². The molecule has 1 N–H and O–H groups in total. The number of aromatic nitrogens is 2. The number of nitrogens with zero attached hydrogens (tertiary/aromatic N) is 2. The highest BCUT2D eigenvalue weighted by atomic mass is 16.5. The van der Waals surface area contributed by atoms with Gasteiger partial charge in [0.2, 0.25) is 11.7 Å². The minimum absolute atomic E-state index is 0.0340. The second kappa shape index (κ2) is 4.14. The fourth-order valence-electron chi connectivity index (χ4n) is 1.83. The summed E-state index contributed by atoms with van der Waals surface area (Å²) >= 11 is 0. The van der Waals surface area contributed by atoms with E-state index < -0.39 is 0 Å². The first kappa shape index (κ1) is 11.5. The molecule has 16 heavy (non-hydrogen) atoms. The molecule has 5 heteroatoms. The fourth-order valence-corrected chi connectivity index (χ4v) is 1.83. The molecule has 0 amide bonds. The predicted molar refractivity (Wildman–Crippen MR) is 59.1 cm³/mol. The van der Waals surface area contributed by atoms with Crippen LogP contribution in [0.15, 0.2) is 4.52 Å². The number of hydrogen-bond donors (Lipinski definition) is 1. The summed E-state index contributed by atoms with van der Waals surface area (Å²) in [5.41, 5.74) is -0.0340. The van der Waals surface area contributed by atoms with Crippen molar-refractivity contribution >= 4 is 0 Å². The number of rotatable bonds is 3. The van der Waals surface area contributed by atoms with Crippen molar-refractivity contribution in [2.75, 3.05) is 20.2 Å². The highest BCUT2D eigenvalue weighted by molar-refractivity contribution is 5.03. The number of hydrogen-bond acceptors (Lipinski definition) is 5. The molecule has 1 fully saturated rings. The summed E-state index contributed by atoms with van der Waals surface area (Å²) in [5, 5.41) is 7.20. The van der Waals surface area contributed by atoms with Gasteiger partial charge in [-0.05, 0) is 5.41 Å². The van der Waals surface area contributed by atoms with E-state index in [4.69, 9.17) is 9.26 Å². The smallest absolute Gasteiger partial charge is 0.232 e. The van der Waals surface area contributed by atoms with Crippen molar-refractivity contribution in [3.05, 3.63) is 11.7 Å². The Morgan fingerprint density at radius 3 is 2.56 bits per heavy atom. The van der Waals surface area contributed by atoms with E-state index in [2.05, 4.69) is 36.2 Å². The van der Waals surface area contributed by atoms with E-state index in [-0.39, 0.29) is 11.5 Å². The summed E-state index contributed by atoms with van der Waals surface area (Å²) in [4.78, 5) is 4.43. The monoisotopic (exact) mass is 225 g/mol. The zero-order chi connectivity index (χ0) is 11.8. The maximum absolute atomic E-state index is 5.44. The molecular formula is C11H19N3O2. The quantitative estimate of drug-likeness (QED) is 0.844. The Balaban J connectivity index is 2.16. The molecule has 0 saturated carbocycles. The minimum Gasteiger partial charge on any atom is -0.373 e. The first-order chi connectivity index (χ1) is 7.52. The van der Waals surface area contributed by atoms with Crippen LogP contribution in [0.3, 0.4) is 0 Å². The summed E-state index contributed by atoms with van der Waals surface area (Å²) in [6.45, 7) is 8.15. The highest BCUT2D eigenvalue weighted by Crippen LogP contribution is 2.34. The van der Waals surface area contributed by atoms with Crippen LogP contribution in [0, 0.1) is 5.41 Å². The molecule has 1 unspecified atom stereocenters. The van der Waals surface area contributed by atoms with Gasteiger partial charge >= 0.3 is 0 Å². The average molecular weight is 225 g/mol. The summed E-state index contributed by atoms with van der Waals surface area (Å²) in [5.74, 6) is 1.75. The summed E-state index contributed by atoms with van der Waals surface area (Å²) in [6, 6.07) is 0. The molecule has 0 aliphatic carbocycles.